The molecule has 0 amide bonds. The zero-order valence-electron chi connectivity index (χ0n) is 10.3. The van der Waals surface area contributed by atoms with Crippen molar-refractivity contribution in [2.45, 2.75) is 25.1 Å². The highest BCUT2D eigenvalue weighted by atomic mass is 19.4. The molecule has 5 heteroatoms. The van der Waals surface area contributed by atoms with Crippen LogP contribution < -0.4 is 10.6 Å². The molecular weight excluding hydrogens is 253 g/mol. The Labute approximate surface area is 110 Å². The van der Waals surface area contributed by atoms with Crippen LogP contribution in [0.1, 0.15) is 24.0 Å². The second kappa shape index (κ2) is 5.54. The monoisotopic (exact) mass is 268 g/mol. The van der Waals surface area contributed by atoms with Crippen LogP contribution in [0.4, 0.5) is 18.9 Å². The minimum atomic E-state index is -4.38. The summed E-state index contributed by atoms with van der Waals surface area (Å²) in [6.45, 7) is 1.71. The van der Waals surface area contributed by atoms with E-state index in [1.54, 1.807) is 6.07 Å². The average Bonchev–Trinajstić information content (AvgIpc) is 2.38. The van der Waals surface area contributed by atoms with Crippen LogP contribution in [0.5, 0.6) is 0 Å². The van der Waals surface area contributed by atoms with Crippen molar-refractivity contribution in [2.75, 3.05) is 18.4 Å². The maximum atomic E-state index is 12.8. The SMILES string of the molecule is C#Cc1cc(NC2CCCNC2)cc(C(F)(F)F)c1. The second-order valence-electron chi connectivity index (χ2n) is 4.63. The lowest BCUT2D eigenvalue weighted by Gasteiger charge is -2.25. The van der Waals surface area contributed by atoms with Gasteiger partial charge >= 0.3 is 6.18 Å². The van der Waals surface area contributed by atoms with Gasteiger partial charge in [-0.25, -0.2) is 0 Å². The number of rotatable bonds is 2. The van der Waals surface area contributed by atoms with Gasteiger partial charge in [-0.3, -0.25) is 0 Å². The Bertz CT molecular complexity index is 482. The fraction of sp³-hybridized carbons (Fsp3) is 0.429. The van der Waals surface area contributed by atoms with E-state index in [4.69, 9.17) is 6.42 Å². The molecule has 0 bridgehead atoms. The largest absolute Gasteiger partial charge is 0.416 e. The molecule has 2 rings (SSSR count). The normalized spacial score (nSPS) is 19.8. The van der Waals surface area contributed by atoms with Gasteiger partial charge in [-0.1, -0.05) is 5.92 Å². The zero-order valence-corrected chi connectivity index (χ0v) is 10.3. The first kappa shape index (κ1) is 13.8. The van der Waals surface area contributed by atoms with E-state index in [9.17, 15) is 13.2 Å². The lowest BCUT2D eigenvalue weighted by molar-refractivity contribution is -0.137. The van der Waals surface area contributed by atoms with E-state index in [2.05, 4.69) is 16.6 Å². The molecule has 1 unspecified atom stereocenters. The molecule has 0 spiro atoms. The maximum Gasteiger partial charge on any atom is 0.416 e. The summed E-state index contributed by atoms with van der Waals surface area (Å²) in [5, 5.41) is 6.31. The van der Waals surface area contributed by atoms with E-state index in [0.717, 1.165) is 38.1 Å². The summed E-state index contributed by atoms with van der Waals surface area (Å²) in [4.78, 5) is 0. The molecule has 1 aliphatic heterocycles. The van der Waals surface area contributed by atoms with E-state index in [0.29, 0.717) is 5.69 Å². The lowest BCUT2D eigenvalue weighted by Crippen LogP contribution is -2.38. The van der Waals surface area contributed by atoms with E-state index in [1.165, 1.54) is 0 Å². The molecule has 1 aliphatic rings. The molecule has 1 fully saturated rings. The average molecular weight is 268 g/mol. The first-order valence-electron chi connectivity index (χ1n) is 6.15. The summed E-state index contributed by atoms with van der Waals surface area (Å²) in [5.74, 6) is 2.26. The van der Waals surface area contributed by atoms with Crippen LogP contribution in [0.15, 0.2) is 18.2 Å². The third kappa shape index (κ3) is 3.65. The molecule has 0 saturated carbocycles. The first-order valence-corrected chi connectivity index (χ1v) is 6.15. The summed E-state index contributed by atoms with van der Waals surface area (Å²) in [7, 11) is 0. The van der Waals surface area contributed by atoms with Gasteiger partial charge in [0.15, 0.2) is 0 Å². The molecule has 1 atom stereocenters. The number of benzene rings is 1. The maximum absolute atomic E-state index is 12.8. The molecule has 0 aromatic heterocycles. The molecule has 0 aliphatic carbocycles. The van der Waals surface area contributed by atoms with Gasteiger partial charge in [-0.05, 0) is 37.6 Å². The highest BCUT2D eigenvalue weighted by Gasteiger charge is 2.31. The molecule has 1 saturated heterocycles. The Hall–Kier alpha value is -1.67. The van der Waals surface area contributed by atoms with Crippen LogP contribution in [0, 0.1) is 12.3 Å². The van der Waals surface area contributed by atoms with Crippen molar-refractivity contribution in [2.24, 2.45) is 0 Å². The van der Waals surface area contributed by atoms with Crippen LogP contribution in [0.2, 0.25) is 0 Å². The van der Waals surface area contributed by atoms with E-state index in [1.807, 2.05) is 0 Å². The van der Waals surface area contributed by atoms with Crippen molar-refractivity contribution in [1.82, 2.24) is 5.32 Å². The predicted octanol–water partition coefficient (Wildman–Crippen LogP) is 2.85. The van der Waals surface area contributed by atoms with Gasteiger partial charge in [0.1, 0.15) is 0 Å². The molecule has 1 heterocycles. The molecule has 1 aromatic rings. The van der Waals surface area contributed by atoms with Gasteiger partial charge in [0, 0.05) is 23.8 Å². The number of nitrogens with one attached hydrogen (secondary N) is 2. The second-order valence-corrected chi connectivity index (χ2v) is 4.63. The Morgan fingerprint density at radius 3 is 2.68 bits per heavy atom. The van der Waals surface area contributed by atoms with Crippen molar-refractivity contribution < 1.29 is 13.2 Å². The minimum Gasteiger partial charge on any atom is -0.381 e. The van der Waals surface area contributed by atoms with E-state index >= 15 is 0 Å². The number of alkyl halides is 3. The Kier molecular flexibility index (Phi) is 4.01. The van der Waals surface area contributed by atoms with Gasteiger partial charge in [-0.15, -0.1) is 6.42 Å². The van der Waals surface area contributed by atoms with Gasteiger partial charge in [0.2, 0.25) is 0 Å². The summed E-state index contributed by atoms with van der Waals surface area (Å²) in [6, 6.07) is 3.81. The van der Waals surface area contributed by atoms with Crippen molar-refractivity contribution in [1.29, 1.82) is 0 Å². The van der Waals surface area contributed by atoms with Crippen LogP contribution >= 0.6 is 0 Å². The van der Waals surface area contributed by atoms with E-state index in [-0.39, 0.29) is 11.6 Å². The zero-order chi connectivity index (χ0) is 13.9. The highest BCUT2D eigenvalue weighted by Crippen LogP contribution is 2.32. The van der Waals surface area contributed by atoms with Gasteiger partial charge in [-0.2, -0.15) is 13.2 Å². The van der Waals surface area contributed by atoms with Crippen LogP contribution in [-0.2, 0) is 6.18 Å². The van der Waals surface area contributed by atoms with Crippen LogP contribution in [-0.4, -0.2) is 19.1 Å². The molecule has 2 nitrogen and oxygen atoms in total. The molecule has 19 heavy (non-hydrogen) atoms. The first-order chi connectivity index (χ1) is 8.99. The Morgan fingerprint density at radius 2 is 2.11 bits per heavy atom. The van der Waals surface area contributed by atoms with Crippen molar-refractivity contribution in [3.05, 3.63) is 29.3 Å². The van der Waals surface area contributed by atoms with Gasteiger partial charge in [0.05, 0.1) is 5.56 Å². The van der Waals surface area contributed by atoms with Crippen molar-refractivity contribution in [3.63, 3.8) is 0 Å². The summed E-state index contributed by atoms with van der Waals surface area (Å²) < 4.78 is 38.3. The predicted molar refractivity (Wildman–Crippen MR) is 68.9 cm³/mol. The number of hydrogen-bond acceptors (Lipinski definition) is 2. The quantitative estimate of drug-likeness (QED) is 0.806. The molecular formula is C14H15F3N2. The molecule has 2 N–H and O–H groups in total. The number of hydrogen-bond donors (Lipinski definition) is 2. The highest BCUT2D eigenvalue weighted by molar-refractivity contribution is 5.54. The van der Waals surface area contributed by atoms with Crippen LogP contribution in [0.3, 0.4) is 0 Å². The number of terminal acetylenes is 1. The molecule has 0 radical (unpaired) electrons. The number of anilines is 1. The Morgan fingerprint density at radius 1 is 1.32 bits per heavy atom. The smallest absolute Gasteiger partial charge is 0.381 e. The minimum absolute atomic E-state index is 0.142. The number of halogens is 3. The lowest BCUT2D eigenvalue weighted by atomic mass is 10.1. The summed E-state index contributed by atoms with van der Waals surface area (Å²) in [5.41, 5.74) is -0.0493. The molecule has 1 aromatic carbocycles. The van der Waals surface area contributed by atoms with E-state index < -0.39 is 11.7 Å². The summed E-state index contributed by atoms with van der Waals surface area (Å²) in [6.07, 6.45) is 2.78. The fourth-order valence-corrected chi connectivity index (χ4v) is 2.17. The third-order valence-electron chi connectivity index (χ3n) is 3.09. The van der Waals surface area contributed by atoms with Crippen LogP contribution in [0.25, 0.3) is 0 Å². The van der Waals surface area contributed by atoms with Gasteiger partial charge in [0.25, 0.3) is 0 Å². The van der Waals surface area contributed by atoms with Crippen molar-refractivity contribution in [3.8, 4) is 12.3 Å². The summed E-state index contributed by atoms with van der Waals surface area (Å²) >= 11 is 0. The standard InChI is InChI=1S/C14H15F3N2/c1-2-10-6-11(14(15,16)17)8-13(7-10)19-12-4-3-5-18-9-12/h1,6-8,12,18-19H,3-5,9H2. The molecule has 102 valence electrons. The van der Waals surface area contributed by atoms with Gasteiger partial charge < -0.3 is 10.6 Å². The fourth-order valence-electron chi connectivity index (χ4n) is 2.17. The van der Waals surface area contributed by atoms with Crippen molar-refractivity contribution >= 4 is 5.69 Å². The number of piperidine rings is 1. The third-order valence-corrected chi connectivity index (χ3v) is 3.09. The topological polar surface area (TPSA) is 24.1 Å². The Balaban J connectivity index is 2.22.